The molecule has 1 N–H and O–H groups in total. The lowest BCUT2D eigenvalue weighted by atomic mass is 10.2. The number of hydrogen-bond donors (Lipinski definition) is 1. The van der Waals surface area contributed by atoms with Crippen molar-refractivity contribution in [1.82, 2.24) is 25.3 Å². The van der Waals surface area contributed by atoms with Crippen molar-refractivity contribution in [3.05, 3.63) is 78.5 Å². The topological polar surface area (TPSA) is 81.9 Å². The molecule has 2 aromatic carbocycles. The summed E-state index contributed by atoms with van der Waals surface area (Å²) in [5, 5.41) is 11.0. The van der Waals surface area contributed by atoms with E-state index in [-0.39, 0.29) is 12.5 Å². The minimum atomic E-state index is -0.137. The van der Waals surface area contributed by atoms with Gasteiger partial charge in [0, 0.05) is 18.8 Å². The Labute approximate surface area is 155 Å². The zero-order valence-electron chi connectivity index (χ0n) is 14.4. The molecule has 2 heterocycles. The molecule has 0 spiro atoms. The third-order valence-corrected chi connectivity index (χ3v) is 3.96. The molecule has 0 radical (unpaired) electrons. The second-order valence-corrected chi connectivity index (χ2v) is 5.93. The Bertz CT molecular complexity index is 1060. The van der Waals surface area contributed by atoms with Gasteiger partial charge in [0.1, 0.15) is 17.8 Å². The van der Waals surface area contributed by atoms with E-state index in [9.17, 15) is 4.79 Å². The van der Waals surface area contributed by atoms with Gasteiger partial charge < -0.3 is 10.1 Å². The first-order chi connectivity index (χ1) is 13.3. The Kier molecular flexibility index (Phi) is 4.74. The van der Waals surface area contributed by atoms with Crippen LogP contribution in [0.4, 0.5) is 0 Å². The smallest absolute Gasteiger partial charge is 0.242 e. The van der Waals surface area contributed by atoms with Crippen molar-refractivity contribution in [1.29, 1.82) is 0 Å². The highest BCUT2D eigenvalue weighted by molar-refractivity contribution is 5.79. The predicted molar refractivity (Wildman–Crippen MR) is 100 cm³/mol. The number of fused-ring (bicyclic) bond motifs is 1. The van der Waals surface area contributed by atoms with E-state index < -0.39 is 0 Å². The van der Waals surface area contributed by atoms with Crippen molar-refractivity contribution in [3.63, 3.8) is 0 Å². The predicted octanol–water partition coefficient (Wildman–Crippen LogP) is 2.94. The third kappa shape index (κ3) is 4.09. The molecule has 2 aromatic heterocycles. The lowest BCUT2D eigenvalue weighted by Crippen LogP contribution is -2.27. The summed E-state index contributed by atoms with van der Waals surface area (Å²) in [5.74, 6) is 1.06. The quantitative estimate of drug-likeness (QED) is 0.572. The number of para-hydroxylation sites is 1. The van der Waals surface area contributed by atoms with Gasteiger partial charge in [-0.05, 0) is 35.9 Å². The van der Waals surface area contributed by atoms with Gasteiger partial charge >= 0.3 is 0 Å². The van der Waals surface area contributed by atoms with Crippen LogP contribution in [0, 0.1) is 0 Å². The van der Waals surface area contributed by atoms with Crippen LogP contribution in [0.2, 0.25) is 0 Å². The molecular formula is C20H17N5O2. The van der Waals surface area contributed by atoms with Crippen LogP contribution in [0.3, 0.4) is 0 Å². The Hall–Kier alpha value is -3.74. The summed E-state index contributed by atoms with van der Waals surface area (Å²) in [6.45, 7) is 0.509. The first-order valence-electron chi connectivity index (χ1n) is 8.51. The number of pyridine rings is 1. The van der Waals surface area contributed by atoms with Crippen molar-refractivity contribution in [2.75, 3.05) is 0 Å². The summed E-state index contributed by atoms with van der Waals surface area (Å²) < 4.78 is 7.30. The fourth-order valence-corrected chi connectivity index (χ4v) is 2.67. The van der Waals surface area contributed by atoms with Gasteiger partial charge in [-0.1, -0.05) is 35.5 Å². The van der Waals surface area contributed by atoms with Gasteiger partial charge in [-0.25, -0.2) is 9.67 Å². The van der Waals surface area contributed by atoms with Crippen LogP contribution in [0.5, 0.6) is 11.6 Å². The van der Waals surface area contributed by atoms with Crippen LogP contribution in [-0.2, 0) is 17.9 Å². The standard InChI is InChI=1S/C20H17N5O2/c26-19(14-25-18-9-2-1-8-17(18)23-24-25)22-13-15-6-5-7-16(12-15)27-20-10-3-4-11-21-20/h1-12H,13-14H2,(H,22,26). The number of ether oxygens (including phenoxy) is 1. The van der Waals surface area contributed by atoms with E-state index in [1.807, 2.05) is 60.7 Å². The van der Waals surface area contributed by atoms with E-state index in [0.29, 0.717) is 18.2 Å². The Balaban J connectivity index is 1.37. The average Bonchev–Trinajstić information content (AvgIpc) is 3.10. The number of hydrogen-bond acceptors (Lipinski definition) is 5. The highest BCUT2D eigenvalue weighted by Crippen LogP contribution is 2.20. The molecule has 1 amide bonds. The van der Waals surface area contributed by atoms with Crippen LogP contribution in [0.1, 0.15) is 5.56 Å². The number of carbonyl (C=O) groups is 1. The lowest BCUT2D eigenvalue weighted by molar-refractivity contribution is -0.121. The third-order valence-electron chi connectivity index (χ3n) is 3.96. The maximum Gasteiger partial charge on any atom is 0.242 e. The molecule has 7 heteroatoms. The number of aromatic nitrogens is 4. The lowest BCUT2D eigenvalue weighted by Gasteiger charge is -2.08. The Morgan fingerprint density at radius 3 is 2.81 bits per heavy atom. The summed E-state index contributed by atoms with van der Waals surface area (Å²) in [6, 6.07) is 20.6. The van der Waals surface area contributed by atoms with Crippen LogP contribution >= 0.6 is 0 Å². The van der Waals surface area contributed by atoms with E-state index in [4.69, 9.17) is 4.74 Å². The first kappa shape index (κ1) is 16.7. The minimum Gasteiger partial charge on any atom is -0.439 e. The second-order valence-electron chi connectivity index (χ2n) is 5.93. The van der Waals surface area contributed by atoms with Gasteiger partial charge in [0.15, 0.2) is 0 Å². The van der Waals surface area contributed by atoms with E-state index in [2.05, 4.69) is 20.6 Å². The van der Waals surface area contributed by atoms with Crippen molar-refractivity contribution in [3.8, 4) is 11.6 Å². The molecule has 0 fully saturated rings. The zero-order valence-corrected chi connectivity index (χ0v) is 14.4. The molecular weight excluding hydrogens is 342 g/mol. The number of benzene rings is 2. The van der Waals surface area contributed by atoms with Gasteiger partial charge in [0.05, 0.1) is 5.52 Å². The maximum absolute atomic E-state index is 12.3. The maximum atomic E-state index is 12.3. The van der Waals surface area contributed by atoms with Crippen molar-refractivity contribution in [2.45, 2.75) is 13.1 Å². The van der Waals surface area contributed by atoms with E-state index in [1.54, 1.807) is 16.9 Å². The summed E-state index contributed by atoms with van der Waals surface area (Å²) in [5.41, 5.74) is 2.53. The highest BCUT2D eigenvalue weighted by atomic mass is 16.5. The number of nitrogens with zero attached hydrogens (tertiary/aromatic N) is 4. The van der Waals surface area contributed by atoms with Gasteiger partial charge in [-0.3, -0.25) is 4.79 Å². The van der Waals surface area contributed by atoms with Gasteiger partial charge in [0.25, 0.3) is 0 Å². The molecule has 0 unspecified atom stereocenters. The fraction of sp³-hybridized carbons (Fsp3) is 0.100. The van der Waals surface area contributed by atoms with Crippen LogP contribution in [0.25, 0.3) is 11.0 Å². The van der Waals surface area contributed by atoms with E-state index in [1.165, 1.54) is 0 Å². The summed E-state index contributed by atoms with van der Waals surface area (Å²) in [4.78, 5) is 16.4. The minimum absolute atomic E-state index is 0.116. The highest BCUT2D eigenvalue weighted by Gasteiger charge is 2.08. The molecule has 27 heavy (non-hydrogen) atoms. The van der Waals surface area contributed by atoms with Crippen molar-refractivity contribution < 1.29 is 9.53 Å². The summed E-state index contributed by atoms with van der Waals surface area (Å²) in [7, 11) is 0. The Morgan fingerprint density at radius 2 is 1.93 bits per heavy atom. The molecule has 0 saturated heterocycles. The van der Waals surface area contributed by atoms with Crippen LogP contribution in [-0.4, -0.2) is 25.9 Å². The van der Waals surface area contributed by atoms with Crippen LogP contribution < -0.4 is 10.1 Å². The first-order valence-corrected chi connectivity index (χ1v) is 8.51. The molecule has 4 aromatic rings. The fourth-order valence-electron chi connectivity index (χ4n) is 2.67. The molecule has 0 saturated carbocycles. The van der Waals surface area contributed by atoms with Crippen molar-refractivity contribution >= 4 is 16.9 Å². The number of nitrogens with one attached hydrogen (secondary N) is 1. The number of rotatable bonds is 6. The largest absolute Gasteiger partial charge is 0.439 e. The van der Waals surface area contributed by atoms with E-state index >= 15 is 0 Å². The molecule has 4 rings (SSSR count). The van der Waals surface area contributed by atoms with Crippen molar-refractivity contribution in [2.24, 2.45) is 0 Å². The second kappa shape index (κ2) is 7.65. The monoisotopic (exact) mass is 359 g/mol. The number of amides is 1. The molecule has 0 atom stereocenters. The molecule has 0 bridgehead atoms. The van der Waals surface area contributed by atoms with Gasteiger partial charge in [0.2, 0.25) is 11.8 Å². The van der Waals surface area contributed by atoms with E-state index in [0.717, 1.165) is 16.6 Å². The van der Waals surface area contributed by atoms with Gasteiger partial charge in [-0.15, -0.1) is 5.10 Å². The Morgan fingerprint density at radius 1 is 1.04 bits per heavy atom. The SMILES string of the molecule is O=C(Cn1nnc2ccccc21)NCc1cccc(Oc2ccccn2)c1. The average molecular weight is 359 g/mol. The molecule has 134 valence electrons. The molecule has 0 aliphatic heterocycles. The molecule has 7 nitrogen and oxygen atoms in total. The van der Waals surface area contributed by atoms with Crippen LogP contribution in [0.15, 0.2) is 72.9 Å². The molecule has 0 aliphatic rings. The summed E-state index contributed by atoms with van der Waals surface area (Å²) >= 11 is 0. The number of carbonyl (C=O) groups excluding carboxylic acids is 1. The zero-order chi connectivity index (χ0) is 18.5. The normalized spacial score (nSPS) is 10.7. The summed E-state index contributed by atoms with van der Waals surface area (Å²) in [6.07, 6.45) is 1.67. The van der Waals surface area contributed by atoms with Gasteiger partial charge in [-0.2, -0.15) is 0 Å². The molecule has 0 aliphatic carbocycles.